The average Bonchev–Trinajstić information content (AvgIpc) is 2.30. The van der Waals surface area contributed by atoms with E-state index in [2.05, 4.69) is 0 Å². The van der Waals surface area contributed by atoms with Gasteiger partial charge in [0.1, 0.15) is 5.75 Å². The van der Waals surface area contributed by atoms with Gasteiger partial charge in [0.2, 0.25) is 0 Å². The number of carbonyl (C=O) groups excluding carboxylic acids is 1. The number of amides is 1. The number of carbonyl (C=O) groups is 1. The Labute approximate surface area is 95.7 Å². The first-order chi connectivity index (χ1) is 7.54. The quantitative estimate of drug-likeness (QED) is 0.730. The highest BCUT2D eigenvalue weighted by Crippen LogP contribution is 2.13. The van der Waals surface area contributed by atoms with Crippen LogP contribution in [0.5, 0.6) is 5.75 Å². The Morgan fingerprint density at radius 2 is 1.88 bits per heavy atom. The number of rotatable bonds is 4. The molecule has 0 heterocycles. The average molecular weight is 223 g/mol. The molecule has 1 rings (SSSR count). The van der Waals surface area contributed by atoms with E-state index in [1.807, 2.05) is 31.2 Å². The number of hydroxylamine groups is 2. The second kappa shape index (κ2) is 5.51. The normalized spacial score (nSPS) is 12.0. The molecule has 0 aliphatic carbocycles. The van der Waals surface area contributed by atoms with E-state index in [4.69, 9.17) is 9.57 Å². The summed E-state index contributed by atoms with van der Waals surface area (Å²) >= 11 is 0. The van der Waals surface area contributed by atoms with Crippen LogP contribution in [0, 0.1) is 6.92 Å². The van der Waals surface area contributed by atoms with Gasteiger partial charge in [0.15, 0.2) is 6.10 Å². The molecule has 0 aromatic heterocycles. The molecule has 1 atom stereocenters. The van der Waals surface area contributed by atoms with Crippen molar-refractivity contribution in [2.75, 3.05) is 14.2 Å². The summed E-state index contributed by atoms with van der Waals surface area (Å²) < 4.78 is 5.48. The number of nitrogens with zero attached hydrogens (tertiary/aromatic N) is 1. The fraction of sp³-hybridized carbons (Fsp3) is 0.417. The van der Waals surface area contributed by atoms with E-state index in [1.54, 1.807) is 14.0 Å². The number of likely N-dealkylation sites (N-methyl/N-ethyl adjacent to an activating group) is 1. The summed E-state index contributed by atoms with van der Waals surface area (Å²) in [5, 5.41) is 1.15. The second-order valence-electron chi connectivity index (χ2n) is 3.59. The zero-order valence-electron chi connectivity index (χ0n) is 10.1. The van der Waals surface area contributed by atoms with Gasteiger partial charge < -0.3 is 4.74 Å². The number of hydrogen-bond donors (Lipinski definition) is 0. The van der Waals surface area contributed by atoms with Crippen LogP contribution in [0.25, 0.3) is 0 Å². The fourth-order valence-corrected chi connectivity index (χ4v) is 1.22. The lowest BCUT2D eigenvalue weighted by molar-refractivity contribution is -0.175. The Bertz CT molecular complexity index is 348. The summed E-state index contributed by atoms with van der Waals surface area (Å²) in [7, 11) is 2.99. The van der Waals surface area contributed by atoms with Gasteiger partial charge in [-0.05, 0) is 26.0 Å². The Morgan fingerprint density at radius 3 is 2.38 bits per heavy atom. The lowest BCUT2D eigenvalue weighted by atomic mass is 10.2. The largest absolute Gasteiger partial charge is 0.481 e. The van der Waals surface area contributed by atoms with Crippen LogP contribution in [0.1, 0.15) is 12.5 Å². The van der Waals surface area contributed by atoms with Gasteiger partial charge in [0, 0.05) is 7.05 Å². The first-order valence-electron chi connectivity index (χ1n) is 5.09. The van der Waals surface area contributed by atoms with Gasteiger partial charge in [-0.3, -0.25) is 9.63 Å². The lowest BCUT2D eigenvalue weighted by Gasteiger charge is -2.19. The van der Waals surface area contributed by atoms with Crippen LogP contribution in [0.2, 0.25) is 0 Å². The molecule has 0 saturated heterocycles. The zero-order chi connectivity index (χ0) is 12.1. The molecule has 0 aliphatic heterocycles. The van der Waals surface area contributed by atoms with Crippen molar-refractivity contribution in [1.29, 1.82) is 0 Å². The van der Waals surface area contributed by atoms with E-state index in [-0.39, 0.29) is 5.91 Å². The Kier molecular flexibility index (Phi) is 4.31. The van der Waals surface area contributed by atoms with Crippen molar-refractivity contribution >= 4 is 5.91 Å². The zero-order valence-corrected chi connectivity index (χ0v) is 10.1. The van der Waals surface area contributed by atoms with Crippen molar-refractivity contribution in [2.45, 2.75) is 20.0 Å². The van der Waals surface area contributed by atoms with E-state index in [9.17, 15) is 4.79 Å². The molecule has 0 bridgehead atoms. The van der Waals surface area contributed by atoms with Gasteiger partial charge in [-0.25, -0.2) is 5.06 Å². The van der Waals surface area contributed by atoms with Crippen LogP contribution >= 0.6 is 0 Å². The summed E-state index contributed by atoms with van der Waals surface area (Å²) in [5.74, 6) is 0.457. The summed E-state index contributed by atoms with van der Waals surface area (Å²) in [6.45, 7) is 3.69. The summed E-state index contributed by atoms with van der Waals surface area (Å²) in [4.78, 5) is 16.4. The van der Waals surface area contributed by atoms with Gasteiger partial charge in [0.25, 0.3) is 5.91 Å². The Hall–Kier alpha value is -1.55. The molecule has 16 heavy (non-hydrogen) atoms. The maximum atomic E-state index is 11.6. The maximum absolute atomic E-state index is 11.6. The lowest BCUT2D eigenvalue weighted by Crippen LogP contribution is -2.37. The van der Waals surface area contributed by atoms with Crippen molar-refractivity contribution in [3.63, 3.8) is 0 Å². The number of ether oxygens (including phenoxy) is 1. The monoisotopic (exact) mass is 223 g/mol. The highest BCUT2D eigenvalue weighted by molar-refractivity contribution is 5.79. The molecule has 1 aromatic rings. The Morgan fingerprint density at radius 1 is 1.31 bits per heavy atom. The third-order valence-electron chi connectivity index (χ3n) is 2.27. The predicted octanol–water partition coefficient (Wildman–Crippen LogP) is 1.78. The standard InChI is InChI=1S/C12H17NO3/c1-9-5-7-11(8-6-9)16-10(2)12(14)13(3)15-4/h5-8,10H,1-4H3. The van der Waals surface area contributed by atoms with Crippen molar-refractivity contribution < 1.29 is 14.4 Å². The molecular formula is C12H17NO3. The van der Waals surface area contributed by atoms with Gasteiger partial charge >= 0.3 is 0 Å². The van der Waals surface area contributed by atoms with Crippen LogP contribution in [-0.2, 0) is 9.63 Å². The smallest absolute Gasteiger partial charge is 0.286 e. The molecule has 0 aliphatic rings. The summed E-state index contributed by atoms with van der Waals surface area (Å²) in [6.07, 6.45) is -0.562. The molecule has 0 spiro atoms. The molecule has 0 saturated carbocycles. The minimum atomic E-state index is -0.562. The summed E-state index contributed by atoms with van der Waals surface area (Å²) in [6, 6.07) is 7.55. The fourth-order valence-electron chi connectivity index (χ4n) is 1.22. The highest BCUT2D eigenvalue weighted by atomic mass is 16.7. The number of benzene rings is 1. The van der Waals surface area contributed by atoms with E-state index < -0.39 is 6.10 Å². The molecule has 1 amide bonds. The van der Waals surface area contributed by atoms with Crippen LogP contribution in [-0.4, -0.2) is 31.2 Å². The minimum Gasteiger partial charge on any atom is -0.481 e. The minimum absolute atomic E-state index is 0.219. The highest BCUT2D eigenvalue weighted by Gasteiger charge is 2.18. The van der Waals surface area contributed by atoms with E-state index >= 15 is 0 Å². The van der Waals surface area contributed by atoms with Crippen LogP contribution < -0.4 is 4.74 Å². The number of hydrogen-bond acceptors (Lipinski definition) is 3. The van der Waals surface area contributed by atoms with Gasteiger partial charge in [-0.1, -0.05) is 17.7 Å². The van der Waals surface area contributed by atoms with Crippen LogP contribution in [0.15, 0.2) is 24.3 Å². The third kappa shape index (κ3) is 3.24. The van der Waals surface area contributed by atoms with Gasteiger partial charge in [-0.15, -0.1) is 0 Å². The van der Waals surface area contributed by atoms with Crippen molar-refractivity contribution in [3.8, 4) is 5.75 Å². The molecule has 4 heteroatoms. The number of aryl methyl sites for hydroxylation is 1. The molecule has 0 radical (unpaired) electrons. The summed E-state index contributed by atoms with van der Waals surface area (Å²) in [5.41, 5.74) is 1.15. The SMILES string of the molecule is CON(C)C(=O)C(C)Oc1ccc(C)cc1. The molecule has 1 unspecified atom stereocenters. The van der Waals surface area contributed by atoms with Crippen LogP contribution in [0.4, 0.5) is 0 Å². The van der Waals surface area contributed by atoms with E-state index in [1.165, 1.54) is 7.11 Å². The van der Waals surface area contributed by atoms with Crippen molar-refractivity contribution in [2.24, 2.45) is 0 Å². The Balaban J connectivity index is 2.60. The molecule has 1 aromatic carbocycles. The second-order valence-corrected chi connectivity index (χ2v) is 3.59. The van der Waals surface area contributed by atoms with Crippen LogP contribution in [0.3, 0.4) is 0 Å². The van der Waals surface area contributed by atoms with Gasteiger partial charge in [0.05, 0.1) is 7.11 Å². The van der Waals surface area contributed by atoms with Crippen molar-refractivity contribution in [3.05, 3.63) is 29.8 Å². The topological polar surface area (TPSA) is 38.8 Å². The maximum Gasteiger partial charge on any atom is 0.286 e. The first-order valence-corrected chi connectivity index (χ1v) is 5.09. The van der Waals surface area contributed by atoms with Crippen molar-refractivity contribution in [1.82, 2.24) is 5.06 Å². The molecule has 4 nitrogen and oxygen atoms in total. The van der Waals surface area contributed by atoms with E-state index in [0.29, 0.717) is 5.75 Å². The first kappa shape index (κ1) is 12.5. The third-order valence-corrected chi connectivity index (χ3v) is 2.27. The predicted molar refractivity (Wildman–Crippen MR) is 61.0 cm³/mol. The molecule has 88 valence electrons. The molecular weight excluding hydrogens is 206 g/mol. The van der Waals surface area contributed by atoms with Gasteiger partial charge in [-0.2, -0.15) is 0 Å². The molecule has 0 N–H and O–H groups in total. The van der Waals surface area contributed by atoms with E-state index in [0.717, 1.165) is 10.6 Å². The molecule has 0 fully saturated rings.